The Hall–Kier alpha value is -3.29. The van der Waals surface area contributed by atoms with Gasteiger partial charge in [-0.15, -0.1) is 0 Å². The number of nitrogens with two attached hydrogens (primary N) is 1. The van der Waals surface area contributed by atoms with Gasteiger partial charge in [-0.05, 0) is 42.0 Å². The fraction of sp³-hybridized carbons (Fsp3) is 0.370. The van der Waals surface area contributed by atoms with Crippen LogP contribution in [0.25, 0.3) is 11.1 Å². The number of ether oxygens (including phenoxy) is 2. The second-order valence-corrected chi connectivity index (χ2v) is 10.4. The maximum Gasteiger partial charge on any atom is 0.417 e. The molecule has 0 aliphatic carbocycles. The molecule has 3 atom stereocenters. The van der Waals surface area contributed by atoms with Crippen LogP contribution in [0.4, 0.5) is 24.5 Å². The minimum Gasteiger partial charge on any atom is -0.379 e. The average molecular weight is 576 g/mol. The number of benzene rings is 2. The smallest absolute Gasteiger partial charge is 0.379 e. The molecule has 13 heteroatoms. The summed E-state index contributed by atoms with van der Waals surface area (Å²) >= 11 is 5.71. The van der Waals surface area contributed by atoms with Gasteiger partial charge >= 0.3 is 6.18 Å². The van der Waals surface area contributed by atoms with Crippen molar-refractivity contribution in [3.05, 3.63) is 70.5 Å². The quantitative estimate of drug-likeness (QED) is 0.356. The van der Waals surface area contributed by atoms with Gasteiger partial charge in [-0.3, -0.25) is 4.90 Å². The van der Waals surface area contributed by atoms with Gasteiger partial charge in [-0.25, -0.2) is 4.68 Å². The van der Waals surface area contributed by atoms with E-state index in [1.165, 1.54) is 12.1 Å². The lowest BCUT2D eigenvalue weighted by Gasteiger charge is -2.30. The molecule has 3 aromatic rings. The van der Waals surface area contributed by atoms with E-state index in [1.54, 1.807) is 6.34 Å². The minimum atomic E-state index is -4.53. The van der Waals surface area contributed by atoms with Crippen LogP contribution < -0.4 is 16.4 Å². The first-order valence-electron chi connectivity index (χ1n) is 12.9. The molecule has 0 saturated carbocycles. The summed E-state index contributed by atoms with van der Waals surface area (Å²) in [6.45, 7) is 3.92. The monoisotopic (exact) mass is 575 g/mol. The number of alkyl halides is 3. The lowest BCUT2D eigenvalue weighted by Crippen LogP contribution is -2.37. The van der Waals surface area contributed by atoms with Gasteiger partial charge in [0.05, 0.1) is 35.2 Å². The lowest BCUT2D eigenvalue weighted by atomic mass is 10.0. The molecule has 2 aromatic carbocycles. The topological polar surface area (TPSA) is 95.6 Å². The van der Waals surface area contributed by atoms with Crippen molar-refractivity contribution in [3.8, 4) is 11.1 Å². The number of nitrogens with one attached hydrogen (secondary N) is 2. The fourth-order valence-electron chi connectivity index (χ4n) is 4.96. The predicted octanol–water partition coefficient (Wildman–Crippen LogP) is 4.56. The lowest BCUT2D eigenvalue weighted by molar-refractivity contribution is -0.137. The highest BCUT2D eigenvalue weighted by molar-refractivity contribution is 6.31. The maximum atomic E-state index is 13.2. The Labute approximate surface area is 234 Å². The number of nitrogens with zero attached hydrogens (tertiary/aromatic N) is 4. The summed E-state index contributed by atoms with van der Waals surface area (Å²) in [5.74, 6) is 0. The zero-order chi connectivity index (χ0) is 28.0. The molecular weight excluding hydrogens is 547 g/mol. The van der Waals surface area contributed by atoms with Crippen molar-refractivity contribution in [1.29, 1.82) is 0 Å². The van der Waals surface area contributed by atoms with Gasteiger partial charge in [-0.2, -0.15) is 18.3 Å². The minimum absolute atomic E-state index is 0.275. The molecule has 0 spiro atoms. The van der Waals surface area contributed by atoms with Crippen LogP contribution in [0.3, 0.4) is 0 Å². The molecule has 2 saturated heterocycles. The number of hydrogen-bond donors (Lipinski definition) is 3. The number of halogens is 4. The van der Waals surface area contributed by atoms with E-state index in [1.807, 2.05) is 40.9 Å². The highest BCUT2D eigenvalue weighted by atomic mass is 35.5. The van der Waals surface area contributed by atoms with Crippen molar-refractivity contribution in [2.45, 2.75) is 31.3 Å². The third kappa shape index (κ3) is 5.50. The van der Waals surface area contributed by atoms with Crippen molar-refractivity contribution in [1.82, 2.24) is 14.5 Å². The van der Waals surface area contributed by atoms with Gasteiger partial charge in [0, 0.05) is 43.6 Å². The molecule has 1 aromatic heterocycles. The summed E-state index contributed by atoms with van der Waals surface area (Å²) in [5, 5.41) is 10.5. The van der Waals surface area contributed by atoms with Gasteiger partial charge in [-0.1, -0.05) is 23.7 Å². The third-order valence-electron chi connectivity index (χ3n) is 7.22. The van der Waals surface area contributed by atoms with E-state index in [9.17, 15) is 13.2 Å². The normalized spacial score (nSPS) is 22.8. The summed E-state index contributed by atoms with van der Waals surface area (Å²) in [4.78, 5) is 4.22. The van der Waals surface area contributed by atoms with E-state index < -0.39 is 24.2 Å². The van der Waals surface area contributed by atoms with Crippen LogP contribution in [-0.4, -0.2) is 66.6 Å². The van der Waals surface area contributed by atoms with Gasteiger partial charge < -0.3 is 30.7 Å². The summed E-state index contributed by atoms with van der Waals surface area (Å²) in [6.07, 6.45) is -4.01. The predicted molar refractivity (Wildman–Crippen MR) is 147 cm³/mol. The van der Waals surface area contributed by atoms with Gasteiger partial charge in [0.15, 0.2) is 12.5 Å². The Bertz CT molecular complexity index is 1410. The largest absolute Gasteiger partial charge is 0.417 e. The van der Waals surface area contributed by atoms with Crippen molar-refractivity contribution < 1.29 is 22.6 Å². The average Bonchev–Trinajstić information content (AvgIpc) is 3.55. The fourth-order valence-corrected chi connectivity index (χ4v) is 5.19. The Morgan fingerprint density at radius 2 is 1.70 bits per heavy atom. The molecule has 3 unspecified atom stereocenters. The Morgan fingerprint density at radius 3 is 2.40 bits per heavy atom. The molecule has 4 heterocycles. The van der Waals surface area contributed by atoms with E-state index in [4.69, 9.17) is 26.8 Å². The molecule has 9 nitrogen and oxygen atoms in total. The van der Waals surface area contributed by atoms with Crippen LogP contribution in [0.5, 0.6) is 0 Å². The van der Waals surface area contributed by atoms with Gasteiger partial charge in [0.1, 0.15) is 12.5 Å². The maximum absolute atomic E-state index is 13.2. The highest BCUT2D eigenvalue weighted by Gasteiger charge is 2.40. The SMILES string of the molecule is CN1C=Nn2c(CN3CCOCC3)cc(-c3ccc(NC4OC4Nc4ccc(Cl)c(C(F)(F)F)c4)cc3)c2C1N. The van der Waals surface area contributed by atoms with Crippen LogP contribution in [0.1, 0.15) is 23.1 Å². The third-order valence-corrected chi connectivity index (χ3v) is 7.55. The Morgan fingerprint density at radius 1 is 1.02 bits per heavy atom. The molecule has 4 N–H and O–H groups in total. The molecule has 3 aliphatic heterocycles. The number of epoxide rings is 1. The number of aromatic nitrogens is 1. The first-order valence-corrected chi connectivity index (χ1v) is 13.3. The van der Waals surface area contributed by atoms with Gasteiger partial charge in [0.2, 0.25) is 0 Å². The molecule has 2 fully saturated rings. The summed E-state index contributed by atoms with van der Waals surface area (Å²) in [5.41, 5.74) is 10.8. The zero-order valence-corrected chi connectivity index (χ0v) is 22.4. The van der Waals surface area contributed by atoms with E-state index in [0.29, 0.717) is 0 Å². The summed E-state index contributed by atoms with van der Waals surface area (Å²) < 4.78 is 52.5. The Balaban J connectivity index is 1.15. The van der Waals surface area contributed by atoms with Crippen molar-refractivity contribution in [3.63, 3.8) is 0 Å². The van der Waals surface area contributed by atoms with Crippen LogP contribution in [0, 0.1) is 0 Å². The molecule has 0 bridgehead atoms. The molecule has 40 heavy (non-hydrogen) atoms. The molecule has 0 amide bonds. The van der Waals surface area contributed by atoms with Crippen molar-refractivity contribution in [2.75, 3.05) is 44.0 Å². The summed E-state index contributed by atoms with van der Waals surface area (Å²) in [6, 6.07) is 13.7. The van der Waals surface area contributed by atoms with Crippen LogP contribution >= 0.6 is 11.6 Å². The molecular formula is C27H29ClF3N7O2. The second kappa shape index (κ2) is 10.6. The van der Waals surface area contributed by atoms with E-state index in [0.717, 1.165) is 67.1 Å². The van der Waals surface area contributed by atoms with E-state index in [-0.39, 0.29) is 16.9 Å². The first-order chi connectivity index (χ1) is 19.2. The van der Waals surface area contributed by atoms with Crippen molar-refractivity contribution >= 4 is 29.3 Å². The zero-order valence-electron chi connectivity index (χ0n) is 21.7. The van der Waals surface area contributed by atoms with Gasteiger partial charge in [0.25, 0.3) is 0 Å². The first kappa shape index (κ1) is 26.9. The number of morpholine rings is 1. The van der Waals surface area contributed by atoms with Crippen LogP contribution in [-0.2, 0) is 22.2 Å². The molecule has 6 rings (SSSR count). The van der Waals surface area contributed by atoms with Crippen molar-refractivity contribution in [2.24, 2.45) is 10.8 Å². The van der Waals surface area contributed by atoms with Crippen LogP contribution in [0.15, 0.2) is 53.6 Å². The number of fused-ring (bicyclic) bond motifs is 1. The molecule has 212 valence electrons. The van der Waals surface area contributed by atoms with E-state index >= 15 is 0 Å². The Kier molecular flexibility index (Phi) is 7.13. The highest BCUT2D eigenvalue weighted by Crippen LogP contribution is 2.38. The van der Waals surface area contributed by atoms with E-state index in [2.05, 4.69) is 26.7 Å². The number of hydrogen-bond acceptors (Lipinski definition) is 8. The number of rotatable bonds is 7. The van der Waals surface area contributed by atoms with Crippen LogP contribution in [0.2, 0.25) is 5.02 Å². The molecule has 0 radical (unpaired) electrons. The molecule has 3 aliphatic rings. The summed E-state index contributed by atoms with van der Waals surface area (Å²) in [7, 11) is 1.90. The standard InChI is InChI=1S/C27H29ClF3N7O2/c1-36-15-33-38-19(14-37-8-10-39-11-9-37)13-20(23(38)24(36)32)16-2-4-17(5-3-16)34-25-26(40-25)35-18-6-7-22(28)21(12-18)27(29,30)31/h2-7,12-13,15,24-26,34-35H,8-11,14,32H2,1H3. The number of anilines is 2. The second-order valence-electron chi connectivity index (χ2n) is 10.0.